The molecule has 0 amide bonds. The van der Waals surface area contributed by atoms with Gasteiger partial charge in [-0.1, -0.05) is 0 Å². The molecule has 0 saturated heterocycles. The summed E-state index contributed by atoms with van der Waals surface area (Å²) >= 11 is 1.99. The predicted octanol–water partition coefficient (Wildman–Crippen LogP) is 1.79. The van der Waals surface area contributed by atoms with Gasteiger partial charge >= 0.3 is 0 Å². The third kappa shape index (κ3) is 3.20. The van der Waals surface area contributed by atoms with Crippen LogP contribution >= 0.6 is 22.6 Å². The number of hydrogen-bond acceptors (Lipinski definition) is 4. The van der Waals surface area contributed by atoms with Gasteiger partial charge in [0.05, 0.1) is 22.2 Å². The molecule has 0 aliphatic carbocycles. The largest absolute Gasteiger partial charge is 0.468 e. The van der Waals surface area contributed by atoms with E-state index < -0.39 is 0 Å². The van der Waals surface area contributed by atoms with Crippen molar-refractivity contribution in [2.75, 3.05) is 6.54 Å². The van der Waals surface area contributed by atoms with E-state index in [0.29, 0.717) is 16.7 Å². The Morgan fingerprint density at radius 2 is 2.44 bits per heavy atom. The Labute approximate surface area is 118 Å². The average Bonchev–Trinajstić information content (AvgIpc) is 2.88. The number of aromatic nitrogens is 2. The molecule has 1 N–H and O–H groups in total. The highest BCUT2D eigenvalue weighted by Crippen LogP contribution is 2.11. The molecule has 2 aromatic rings. The van der Waals surface area contributed by atoms with Crippen molar-refractivity contribution in [2.24, 2.45) is 0 Å². The zero-order valence-corrected chi connectivity index (χ0v) is 12.1. The van der Waals surface area contributed by atoms with Gasteiger partial charge in [0.2, 0.25) is 0 Å². The Morgan fingerprint density at radius 1 is 1.61 bits per heavy atom. The van der Waals surface area contributed by atoms with Crippen molar-refractivity contribution in [1.29, 1.82) is 0 Å². The highest BCUT2D eigenvalue weighted by Gasteiger charge is 2.07. The van der Waals surface area contributed by atoms with Gasteiger partial charge in [0.15, 0.2) is 0 Å². The van der Waals surface area contributed by atoms with Gasteiger partial charge in [-0.15, -0.1) is 0 Å². The van der Waals surface area contributed by atoms with Crippen molar-refractivity contribution in [1.82, 2.24) is 14.9 Å². The molecule has 18 heavy (non-hydrogen) atoms. The molecule has 0 aliphatic rings. The fourth-order valence-electron chi connectivity index (χ4n) is 1.62. The number of rotatable bonds is 5. The van der Waals surface area contributed by atoms with Crippen LogP contribution in [-0.2, 0) is 6.54 Å². The van der Waals surface area contributed by atoms with E-state index in [1.807, 2.05) is 41.6 Å². The maximum absolute atomic E-state index is 11.7. The molecule has 0 radical (unpaired) electrons. The monoisotopic (exact) mass is 359 g/mol. The number of nitrogens with zero attached hydrogens (tertiary/aromatic N) is 2. The molecule has 2 rings (SSSR count). The summed E-state index contributed by atoms with van der Waals surface area (Å²) in [7, 11) is 0. The molecule has 0 bridgehead atoms. The topological polar surface area (TPSA) is 60.1 Å². The summed E-state index contributed by atoms with van der Waals surface area (Å²) in [5.41, 5.74) is -0.00180. The number of hydrogen-bond donors (Lipinski definition) is 1. The fraction of sp³-hybridized carbons (Fsp3) is 0.333. The Bertz CT molecular complexity index is 551. The van der Waals surface area contributed by atoms with Gasteiger partial charge in [0.25, 0.3) is 5.56 Å². The van der Waals surface area contributed by atoms with E-state index in [1.54, 1.807) is 23.4 Å². The molecule has 5 nitrogen and oxygen atoms in total. The van der Waals surface area contributed by atoms with Crippen LogP contribution in [0.3, 0.4) is 0 Å². The molecule has 1 atom stereocenters. The zero-order valence-electron chi connectivity index (χ0n) is 9.97. The summed E-state index contributed by atoms with van der Waals surface area (Å²) in [6.07, 6.45) is 4.78. The molecule has 2 aromatic heterocycles. The van der Waals surface area contributed by atoms with Gasteiger partial charge < -0.3 is 9.73 Å². The van der Waals surface area contributed by atoms with Crippen molar-refractivity contribution < 1.29 is 4.42 Å². The van der Waals surface area contributed by atoms with Gasteiger partial charge in [-0.05, 0) is 41.6 Å². The quantitative estimate of drug-likeness (QED) is 0.827. The van der Waals surface area contributed by atoms with Crippen LogP contribution < -0.4 is 10.9 Å². The van der Waals surface area contributed by atoms with Crippen molar-refractivity contribution in [3.05, 3.63) is 50.6 Å². The van der Waals surface area contributed by atoms with Crippen LogP contribution in [0.2, 0.25) is 0 Å². The van der Waals surface area contributed by atoms with E-state index in [2.05, 4.69) is 10.3 Å². The van der Waals surface area contributed by atoms with Crippen molar-refractivity contribution in [2.45, 2.75) is 19.5 Å². The summed E-state index contributed by atoms with van der Waals surface area (Å²) in [6, 6.07) is 3.92. The Balaban J connectivity index is 1.89. The summed E-state index contributed by atoms with van der Waals surface area (Å²) in [4.78, 5) is 15.7. The number of nitrogens with one attached hydrogen (secondary N) is 1. The highest BCUT2D eigenvalue weighted by molar-refractivity contribution is 14.1. The van der Waals surface area contributed by atoms with Crippen LogP contribution in [0.15, 0.2) is 40.1 Å². The normalized spacial score (nSPS) is 12.6. The number of furan rings is 1. The van der Waals surface area contributed by atoms with Crippen LogP contribution in [0.5, 0.6) is 0 Å². The molecular formula is C12H14IN3O2. The first kappa shape index (κ1) is 13.3. The van der Waals surface area contributed by atoms with Crippen LogP contribution in [0, 0.1) is 3.57 Å². The Morgan fingerprint density at radius 3 is 3.17 bits per heavy atom. The van der Waals surface area contributed by atoms with Crippen molar-refractivity contribution in [3.8, 4) is 0 Å². The van der Waals surface area contributed by atoms with Crippen molar-refractivity contribution in [3.63, 3.8) is 0 Å². The molecule has 96 valence electrons. The Kier molecular flexibility index (Phi) is 4.54. The second kappa shape index (κ2) is 6.14. The lowest BCUT2D eigenvalue weighted by atomic mass is 10.2. The lowest BCUT2D eigenvalue weighted by Gasteiger charge is -2.12. The molecule has 0 spiro atoms. The maximum Gasteiger partial charge on any atom is 0.266 e. The third-order valence-electron chi connectivity index (χ3n) is 2.63. The smallest absolute Gasteiger partial charge is 0.266 e. The van der Waals surface area contributed by atoms with E-state index in [1.165, 1.54) is 0 Å². The second-order valence-electron chi connectivity index (χ2n) is 3.93. The van der Waals surface area contributed by atoms with E-state index >= 15 is 0 Å². The summed E-state index contributed by atoms with van der Waals surface area (Å²) in [6.45, 7) is 3.30. The molecule has 2 heterocycles. The van der Waals surface area contributed by atoms with Gasteiger partial charge in [0, 0.05) is 19.3 Å². The van der Waals surface area contributed by atoms with E-state index in [9.17, 15) is 4.79 Å². The van der Waals surface area contributed by atoms with Gasteiger partial charge in [-0.25, -0.2) is 4.98 Å². The molecule has 0 aromatic carbocycles. The summed E-state index contributed by atoms with van der Waals surface area (Å²) in [5, 5.41) is 3.30. The van der Waals surface area contributed by atoms with Crippen molar-refractivity contribution >= 4 is 22.6 Å². The maximum atomic E-state index is 11.7. The molecule has 0 aliphatic heterocycles. The minimum absolute atomic E-state index is 0.00180. The standard InChI is InChI=1S/C12H14IN3O2/c1-9(11-3-2-6-18-11)15-4-5-16-8-14-7-10(13)12(16)17/h2-3,6-9,15H,4-5H2,1H3. The first-order chi connectivity index (χ1) is 8.68. The van der Waals surface area contributed by atoms with Gasteiger partial charge in [0.1, 0.15) is 5.76 Å². The van der Waals surface area contributed by atoms with Gasteiger partial charge in [-0.3, -0.25) is 9.36 Å². The zero-order chi connectivity index (χ0) is 13.0. The minimum Gasteiger partial charge on any atom is -0.468 e. The third-order valence-corrected chi connectivity index (χ3v) is 3.37. The molecule has 0 saturated carbocycles. The van der Waals surface area contributed by atoms with Crippen LogP contribution in [0.25, 0.3) is 0 Å². The molecular weight excluding hydrogens is 345 g/mol. The summed E-state index contributed by atoms with van der Waals surface area (Å²) in [5.74, 6) is 0.892. The Hall–Kier alpha value is -1.15. The van der Waals surface area contributed by atoms with Gasteiger partial charge in [-0.2, -0.15) is 0 Å². The SMILES string of the molecule is CC(NCCn1cncc(I)c1=O)c1ccco1. The second-order valence-corrected chi connectivity index (χ2v) is 5.09. The highest BCUT2D eigenvalue weighted by atomic mass is 127. The minimum atomic E-state index is -0.00180. The molecule has 0 fully saturated rings. The fourth-order valence-corrected chi connectivity index (χ4v) is 2.09. The number of halogens is 1. The first-order valence-corrected chi connectivity index (χ1v) is 6.73. The van der Waals surface area contributed by atoms with Crippen LogP contribution in [-0.4, -0.2) is 16.1 Å². The van der Waals surface area contributed by atoms with Crippen LogP contribution in [0.4, 0.5) is 0 Å². The van der Waals surface area contributed by atoms with E-state index in [4.69, 9.17) is 4.42 Å². The first-order valence-electron chi connectivity index (χ1n) is 5.65. The lowest BCUT2D eigenvalue weighted by molar-refractivity contribution is 0.421. The van der Waals surface area contributed by atoms with Crippen LogP contribution in [0.1, 0.15) is 18.7 Å². The molecule has 1 unspecified atom stereocenters. The summed E-state index contributed by atoms with van der Waals surface area (Å²) < 4.78 is 7.53. The van der Waals surface area contributed by atoms with E-state index in [-0.39, 0.29) is 11.6 Å². The lowest BCUT2D eigenvalue weighted by Crippen LogP contribution is -2.29. The van der Waals surface area contributed by atoms with E-state index in [0.717, 1.165) is 5.76 Å². The predicted molar refractivity (Wildman–Crippen MR) is 76.3 cm³/mol. The molecule has 6 heteroatoms. The average molecular weight is 359 g/mol.